The van der Waals surface area contributed by atoms with Crippen molar-refractivity contribution in [2.75, 3.05) is 26.4 Å². The Balaban J connectivity index is 1.86. The Morgan fingerprint density at radius 3 is 2.50 bits per heavy atom. The van der Waals surface area contributed by atoms with Gasteiger partial charge in [0, 0.05) is 32.6 Å². The predicted molar refractivity (Wildman–Crippen MR) is 97.0 cm³/mol. The zero-order valence-corrected chi connectivity index (χ0v) is 16.2. The average molecular weight is 393 g/mol. The summed E-state index contributed by atoms with van der Waals surface area (Å²) in [4.78, 5) is 14.2. The minimum absolute atomic E-state index is 0.0357. The third-order valence-electron chi connectivity index (χ3n) is 4.49. The SMILES string of the molecule is CN(C1CCN(C(=O)CCc2cccc(Cl)c2Cl)CC1)S(C)(=O)=O. The van der Waals surface area contributed by atoms with Gasteiger partial charge in [-0.2, -0.15) is 0 Å². The minimum Gasteiger partial charge on any atom is -0.343 e. The molecule has 0 atom stereocenters. The standard InChI is InChI=1S/C16H22Cl2N2O3S/c1-19(24(2,22)23)13-8-10-20(11-9-13)15(21)7-6-12-4-3-5-14(17)16(12)18/h3-5,13H,6-11H2,1-2H3. The topological polar surface area (TPSA) is 57.7 Å². The minimum atomic E-state index is -3.19. The first kappa shape index (κ1) is 19.5. The molecule has 24 heavy (non-hydrogen) atoms. The van der Waals surface area contributed by atoms with Gasteiger partial charge in [0.15, 0.2) is 0 Å². The highest BCUT2D eigenvalue weighted by molar-refractivity contribution is 7.88. The number of hydrogen-bond acceptors (Lipinski definition) is 3. The van der Waals surface area contributed by atoms with Crippen LogP contribution >= 0.6 is 23.2 Å². The van der Waals surface area contributed by atoms with Crippen LogP contribution < -0.4 is 0 Å². The number of aryl methyl sites for hydroxylation is 1. The van der Waals surface area contributed by atoms with Crippen LogP contribution in [0.25, 0.3) is 0 Å². The van der Waals surface area contributed by atoms with Crippen molar-refractivity contribution >= 4 is 39.1 Å². The van der Waals surface area contributed by atoms with Crippen LogP contribution in [0.3, 0.4) is 0 Å². The molecule has 1 aliphatic heterocycles. The number of carbonyl (C=O) groups excluding carboxylic acids is 1. The normalized spacial score (nSPS) is 16.6. The fourth-order valence-electron chi connectivity index (χ4n) is 2.89. The molecule has 1 aromatic carbocycles. The summed E-state index contributed by atoms with van der Waals surface area (Å²) >= 11 is 12.1. The maximum atomic E-state index is 12.4. The van der Waals surface area contributed by atoms with Crippen LogP contribution in [0.2, 0.25) is 10.0 Å². The second kappa shape index (κ2) is 8.04. The fourth-order valence-corrected chi connectivity index (χ4v) is 4.06. The van der Waals surface area contributed by atoms with E-state index in [1.807, 2.05) is 12.1 Å². The summed E-state index contributed by atoms with van der Waals surface area (Å²) in [7, 11) is -1.60. The quantitative estimate of drug-likeness (QED) is 0.773. The highest BCUT2D eigenvalue weighted by atomic mass is 35.5. The highest BCUT2D eigenvalue weighted by Gasteiger charge is 2.28. The number of likely N-dealkylation sites (tertiary alicyclic amines) is 1. The average Bonchev–Trinajstić information content (AvgIpc) is 2.54. The fraction of sp³-hybridized carbons (Fsp3) is 0.562. The van der Waals surface area contributed by atoms with Gasteiger partial charge in [0.1, 0.15) is 0 Å². The van der Waals surface area contributed by atoms with Gasteiger partial charge in [-0.25, -0.2) is 12.7 Å². The van der Waals surface area contributed by atoms with Crippen LogP contribution in [-0.2, 0) is 21.2 Å². The summed E-state index contributed by atoms with van der Waals surface area (Å²) in [5.74, 6) is 0.0616. The van der Waals surface area contributed by atoms with Gasteiger partial charge in [0.05, 0.1) is 16.3 Å². The van der Waals surface area contributed by atoms with E-state index in [1.54, 1.807) is 18.0 Å². The molecular weight excluding hydrogens is 371 g/mol. The summed E-state index contributed by atoms with van der Waals surface area (Å²) in [6, 6.07) is 5.37. The molecule has 5 nitrogen and oxygen atoms in total. The van der Waals surface area contributed by atoms with Crippen molar-refractivity contribution in [3.63, 3.8) is 0 Å². The Hall–Kier alpha value is -0.820. The van der Waals surface area contributed by atoms with Crippen molar-refractivity contribution < 1.29 is 13.2 Å². The lowest BCUT2D eigenvalue weighted by molar-refractivity contribution is -0.132. The van der Waals surface area contributed by atoms with E-state index in [0.717, 1.165) is 5.56 Å². The summed E-state index contributed by atoms with van der Waals surface area (Å²) in [5, 5.41) is 0.992. The zero-order chi connectivity index (χ0) is 17.9. The molecule has 2 rings (SSSR count). The third kappa shape index (κ3) is 4.85. The maximum Gasteiger partial charge on any atom is 0.222 e. The van der Waals surface area contributed by atoms with Gasteiger partial charge in [-0.05, 0) is 30.9 Å². The van der Waals surface area contributed by atoms with Crippen molar-refractivity contribution in [2.45, 2.75) is 31.7 Å². The molecule has 1 saturated heterocycles. The van der Waals surface area contributed by atoms with E-state index < -0.39 is 10.0 Å². The Morgan fingerprint density at radius 1 is 1.29 bits per heavy atom. The van der Waals surface area contributed by atoms with Crippen molar-refractivity contribution in [2.24, 2.45) is 0 Å². The summed E-state index contributed by atoms with van der Waals surface area (Å²) in [5.41, 5.74) is 0.865. The number of piperidine rings is 1. The van der Waals surface area contributed by atoms with Crippen molar-refractivity contribution in [3.8, 4) is 0 Å². The van der Waals surface area contributed by atoms with Gasteiger partial charge >= 0.3 is 0 Å². The first-order valence-electron chi connectivity index (χ1n) is 7.84. The number of halogens is 2. The molecule has 0 unspecified atom stereocenters. The Kier molecular flexibility index (Phi) is 6.53. The zero-order valence-electron chi connectivity index (χ0n) is 13.8. The van der Waals surface area contributed by atoms with E-state index in [2.05, 4.69) is 0 Å². The molecule has 134 valence electrons. The molecule has 1 amide bonds. The second-order valence-electron chi connectivity index (χ2n) is 6.10. The molecule has 1 fully saturated rings. The molecule has 1 aromatic rings. The van der Waals surface area contributed by atoms with Gasteiger partial charge in [0.2, 0.25) is 15.9 Å². The first-order valence-corrected chi connectivity index (χ1v) is 10.4. The molecule has 0 bridgehead atoms. The molecule has 0 saturated carbocycles. The van der Waals surface area contributed by atoms with Crippen LogP contribution in [0.1, 0.15) is 24.8 Å². The van der Waals surface area contributed by atoms with Gasteiger partial charge in [-0.15, -0.1) is 0 Å². The number of amides is 1. The largest absolute Gasteiger partial charge is 0.343 e. The van der Waals surface area contributed by atoms with Crippen molar-refractivity contribution in [1.29, 1.82) is 0 Å². The number of carbonyl (C=O) groups is 1. The molecule has 0 aliphatic carbocycles. The third-order valence-corrected chi connectivity index (χ3v) is 6.70. The van der Waals surface area contributed by atoms with E-state index in [1.165, 1.54) is 10.6 Å². The van der Waals surface area contributed by atoms with E-state index in [0.29, 0.717) is 48.8 Å². The van der Waals surface area contributed by atoms with Crippen molar-refractivity contribution in [3.05, 3.63) is 33.8 Å². The highest BCUT2D eigenvalue weighted by Crippen LogP contribution is 2.26. The molecule has 1 heterocycles. The second-order valence-corrected chi connectivity index (χ2v) is 8.93. The lowest BCUT2D eigenvalue weighted by Gasteiger charge is -2.35. The molecule has 1 aliphatic rings. The lowest BCUT2D eigenvalue weighted by Crippen LogP contribution is -2.47. The Bertz CT molecular complexity index is 701. The van der Waals surface area contributed by atoms with Crippen LogP contribution in [0.5, 0.6) is 0 Å². The van der Waals surface area contributed by atoms with Crippen molar-refractivity contribution in [1.82, 2.24) is 9.21 Å². The van der Waals surface area contributed by atoms with Gasteiger partial charge in [0.25, 0.3) is 0 Å². The predicted octanol–water partition coefficient (Wildman–Crippen LogP) is 2.81. The van der Waals surface area contributed by atoms with E-state index >= 15 is 0 Å². The number of rotatable bonds is 5. The Labute approximate surface area is 153 Å². The Morgan fingerprint density at radius 2 is 1.92 bits per heavy atom. The van der Waals surface area contributed by atoms with E-state index in [9.17, 15) is 13.2 Å². The molecule has 0 N–H and O–H groups in total. The van der Waals surface area contributed by atoms with Crippen LogP contribution in [0.4, 0.5) is 0 Å². The molecule has 0 aromatic heterocycles. The monoisotopic (exact) mass is 392 g/mol. The first-order chi connectivity index (χ1) is 11.2. The summed E-state index contributed by atoms with van der Waals surface area (Å²) in [6.07, 6.45) is 3.44. The molecule has 8 heteroatoms. The molecule has 0 spiro atoms. The number of benzene rings is 1. The number of sulfonamides is 1. The van der Waals surface area contributed by atoms with Gasteiger partial charge in [-0.1, -0.05) is 35.3 Å². The number of nitrogens with zero attached hydrogens (tertiary/aromatic N) is 2. The summed E-state index contributed by atoms with van der Waals surface area (Å²) < 4.78 is 24.6. The smallest absolute Gasteiger partial charge is 0.222 e. The molecule has 0 radical (unpaired) electrons. The van der Waals surface area contributed by atoms with Crippen LogP contribution in [0, 0.1) is 0 Å². The van der Waals surface area contributed by atoms with E-state index in [-0.39, 0.29) is 11.9 Å². The summed E-state index contributed by atoms with van der Waals surface area (Å²) in [6.45, 7) is 1.15. The van der Waals surface area contributed by atoms with Gasteiger partial charge in [-0.3, -0.25) is 4.79 Å². The maximum absolute atomic E-state index is 12.4. The number of hydrogen-bond donors (Lipinski definition) is 0. The van der Waals surface area contributed by atoms with E-state index in [4.69, 9.17) is 23.2 Å². The molecular formula is C16H22Cl2N2O3S. The van der Waals surface area contributed by atoms with Gasteiger partial charge < -0.3 is 4.90 Å². The lowest BCUT2D eigenvalue weighted by atomic mass is 10.0. The van der Waals surface area contributed by atoms with Crippen LogP contribution in [0.15, 0.2) is 18.2 Å². The van der Waals surface area contributed by atoms with Crippen LogP contribution in [-0.4, -0.2) is 56.0 Å².